The van der Waals surface area contributed by atoms with Crippen LogP contribution in [0.5, 0.6) is 0 Å². The van der Waals surface area contributed by atoms with E-state index in [0.29, 0.717) is 5.82 Å². The predicted octanol–water partition coefficient (Wildman–Crippen LogP) is 2.71. The number of benzene rings is 2. The maximum absolute atomic E-state index is 10.2. The lowest BCUT2D eigenvalue weighted by molar-refractivity contribution is 0.210. The van der Waals surface area contributed by atoms with Crippen molar-refractivity contribution in [2.75, 3.05) is 0 Å². The summed E-state index contributed by atoms with van der Waals surface area (Å²) in [5.74, 6) is 0.424. The molecule has 0 bridgehead atoms. The highest BCUT2D eigenvalue weighted by atomic mass is 16.3. The lowest BCUT2D eigenvalue weighted by Crippen LogP contribution is -2.04. The van der Waals surface area contributed by atoms with E-state index in [-0.39, 0.29) is 0 Å². The van der Waals surface area contributed by atoms with Gasteiger partial charge in [0.25, 0.3) is 0 Å². The minimum absolute atomic E-state index is 0.424. The van der Waals surface area contributed by atoms with Crippen molar-refractivity contribution < 1.29 is 5.11 Å². The van der Waals surface area contributed by atoms with Gasteiger partial charge in [-0.1, -0.05) is 36.4 Å². The fourth-order valence-corrected chi connectivity index (χ4v) is 1.98. The lowest BCUT2D eigenvalue weighted by Gasteiger charge is -2.10. The summed E-state index contributed by atoms with van der Waals surface area (Å²) in [7, 11) is 0. The second-order valence-electron chi connectivity index (χ2n) is 4.12. The Hall–Kier alpha value is -2.26. The molecule has 2 aromatic carbocycles. The summed E-state index contributed by atoms with van der Waals surface area (Å²) in [4.78, 5) is 8.15. The fourth-order valence-electron chi connectivity index (χ4n) is 1.98. The van der Waals surface area contributed by atoms with Crippen LogP contribution in [0.15, 0.2) is 60.9 Å². The Balaban J connectivity index is 2.04. The third-order valence-electron chi connectivity index (χ3n) is 2.92. The van der Waals surface area contributed by atoms with Crippen LogP contribution in [-0.4, -0.2) is 15.1 Å². The summed E-state index contributed by atoms with van der Waals surface area (Å²) in [6.45, 7) is 0. The van der Waals surface area contributed by atoms with Crippen molar-refractivity contribution in [3.8, 4) is 0 Å². The number of hydrogen-bond acceptors (Lipinski definition) is 3. The van der Waals surface area contributed by atoms with Crippen LogP contribution in [-0.2, 0) is 0 Å². The lowest BCUT2D eigenvalue weighted by atomic mass is 10.0. The van der Waals surface area contributed by atoms with Gasteiger partial charge in [0.05, 0.1) is 0 Å². The van der Waals surface area contributed by atoms with E-state index in [1.165, 1.54) is 0 Å². The molecule has 3 nitrogen and oxygen atoms in total. The van der Waals surface area contributed by atoms with E-state index in [9.17, 15) is 5.11 Å². The first-order valence-electron chi connectivity index (χ1n) is 5.78. The molecule has 0 saturated heterocycles. The molecule has 0 aliphatic heterocycles. The van der Waals surface area contributed by atoms with Gasteiger partial charge in [0.1, 0.15) is 6.10 Å². The van der Waals surface area contributed by atoms with E-state index in [0.717, 1.165) is 16.3 Å². The molecule has 1 atom stereocenters. The van der Waals surface area contributed by atoms with Crippen LogP contribution in [0.1, 0.15) is 17.5 Å². The number of fused-ring (bicyclic) bond motifs is 1. The Morgan fingerprint density at radius 3 is 2.33 bits per heavy atom. The van der Waals surface area contributed by atoms with Crippen LogP contribution < -0.4 is 0 Å². The van der Waals surface area contributed by atoms with Crippen LogP contribution in [0, 0.1) is 0 Å². The SMILES string of the molecule is OC(c1ccc2ccccc2c1)c1ncccn1. The molecule has 0 aliphatic rings. The van der Waals surface area contributed by atoms with Gasteiger partial charge in [-0.3, -0.25) is 0 Å². The average Bonchev–Trinajstić information content (AvgIpc) is 2.47. The summed E-state index contributed by atoms with van der Waals surface area (Å²) in [5.41, 5.74) is 0.805. The zero-order valence-electron chi connectivity index (χ0n) is 9.69. The summed E-state index contributed by atoms with van der Waals surface area (Å²) < 4.78 is 0. The molecular weight excluding hydrogens is 224 g/mol. The number of aromatic nitrogens is 2. The molecule has 1 unspecified atom stereocenters. The van der Waals surface area contributed by atoms with E-state index >= 15 is 0 Å². The topological polar surface area (TPSA) is 46.0 Å². The molecule has 0 fully saturated rings. The van der Waals surface area contributed by atoms with Crippen molar-refractivity contribution in [2.24, 2.45) is 0 Å². The molecule has 88 valence electrons. The van der Waals surface area contributed by atoms with E-state index in [2.05, 4.69) is 9.97 Å². The van der Waals surface area contributed by atoms with Gasteiger partial charge >= 0.3 is 0 Å². The van der Waals surface area contributed by atoms with Crippen molar-refractivity contribution in [2.45, 2.75) is 6.10 Å². The van der Waals surface area contributed by atoms with Crippen molar-refractivity contribution >= 4 is 10.8 Å². The first kappa shape index (κ1) is 10.9. The highest BCUT2D eigenvalue weighted by Crippen LogP contribution is 2.23. The highest BCUT2D eigenvalue weighted by molar-refractivity contribution is 5.83. The van der Waals surface area contributed by atoms with Gasteiger partial charge in [-0.25, -0.2) is 9.97 Å². The van der Waals surface area contributed by atoms with Gasteiger partial charge < -0.3 is 5.11 Å². The van der Waals surface area contributed by atoms with Crippen LogP contribution in [0.3, 0.4) is 0 Å². The zero-order valence-corrected chi connectivity index (χ0v) is 9.69. The Labute approximate surface area is 105 Å². The normalized spacial score (nSPS) is 12.5. The number of hydrogen-bond donors (Lipinski definition) is 1. The molecule has 0 spiro atoms. The minimum atomic E-state index is -0.782. The number of aliphatic hydroxyl groups is 1. The molecule has 3 heteroatoms. The number of nitrogens with zero attached hydrogens (tertiary/aromatic N) is 2. The Kier molecular flexibility index (Phi) is 2.74. The number of rotatable bonds is 2. The van der Waals surface area contributed by atoms with Gasteiger partial charge in [-0.15, -0.1) is 0 Å². The van der Waals surface area contributed by atoms with E-state index in [4.69, 9.17) is 0 Å². The summed E-state index contributed by atoms with van der Waals surface area (Å²) >= 11 is 0. The summed E-state index contributed by atoms with van der Waals surface area (Å²) in [6.07, 6.45) is 2.48. The maximum Gasteiger partial charge on any atom is 0.161 e. The van der Waals surface area contributed by atoms with E-state index in [1.54, 1.807) is 18.5 Å². The molecule has 1 aromatic heterocycles. The molecule has 0 amide bonds. The molecule has 18 heavy (non-hydrogen) atoms. The van der Waals surface area contributed by atoms with Crippen LogP contribution >= 0.6 is 0 Å². The second kappa shape index (κ2) is 4.55. The average molecular weight is 236 g/mol. The van der Waals surface area contributed by atoms with Crippen LogP contribution in [0.25, 0.3) is 10.8 Å². The Bertz CT molecular complexity index is 667. The third-order valence-corrected chi connectivity index (χ3v) is 2.92. The van der Waals surface area contributed by atoms with Crippen molar-refractivity contribution in [3.63, 3.8) is 0 Å². The molecule has 3 rings (SSSR count). The van der Waals surface area contributed by atoms with Crippen LogP contribution in [0.4, 0.5) is 0 Å². The highest BCUT2D eigenvalue weighted by Gasteiger charge is 2.12. The van der Waals surface area contributed by atoms with E-state index < -0.39 is 6.10 Å². The van der Waals surface area contributed by atoms with Crippen molar-refractivity contribution in [1.82, 2.24) is 9.97 Å². The Morgan fingerprint density at radius 2 is 1.56 bits per heavy atom. The van der Waals surface area contributed by atoms with Gasteiger partial charge in [0.2, 0.25) is 0 Å². The molecule has 1 heterocycles. The number of aliphatic hydroxyl groups excluding tert-OH is 1. The monoisotopic (exact) mass is 236 g/mol. The summed E-state index contributed by atoms with van der Waals surface area (Å²) in [6, 6.07) is 15.7. The molecular formula is C15H12N2O. The van der Waals surface area contributed by atoms with Gasteiger partial charge in [-0.2, -0.15) is 0 Å². The minimum Gasteiger partial charge on any atom is -0.380 e. The van der Waals surface area contributed by atoms with Crippen LogP contribution in [0.2, 0.25) is 0 Å². The molecule has 0 radical (unpaired) electrons. The van der Waals surface area contributed by atoms with Crippen molar-refractivity contribution in [3.05, 3.63) is 72.3 Å². The largest absolute Gasteiger partial charge is 0.380 e. The molecule has 1 N–H and O–H groups in total. The predicted molar refractivity (Wildman–Crippen MR) is 70.0 cm³/mol. The first-order valence-corrected chi connectivity index (χ1v) is 5.78. The Morgan fingerprint density at radius 1 is 0.833 bits per heavy atom. The summed E-state index contributed by atoms with van der Waals surface area (Å²) in [5, 5.41) is 12.5. The maximum atomic E-state index is 10.2. The fraction of sp³-hybridized carbons (Fsp3) is 0.0667. The zero-order chi connectivity index (χ0) is 12.4. The molecule has 3 aromatic rings. The third kappa shape index (κ3) is 1.96. The van der Waals surface area contributed by atoms with Gasteiger partial charge in [-0.05, 0) is 28.5 Å². The second-order valence-corrected chi connectivity index (χ2v) is 4.12. The first-order chi connectivity index (χ1) is 8.84. The van der Waals surface area contributed by atoms with Gasteiger partial charge in [0.15, 0.2) is 5.82 Å². The molecule has 0 aliphatic carbocycles. The van der Waals surface area contributed by atoms with Gasteiger partial charge in [0, 0.05) is 12.4 Å². The smallest absolute Gasteiger partial charge is 0.161 e. The van der Waals surface area contributed by atoms with Crippen molar-refractivity contribution in [1.29, 1.82) is 0 Å². The quantitative estimate of drug-likeness (QED) is 0.744. The van der Waals surface area contributed by atoms with E-state index in [1.807, 2.05) is 42.5 Å². The standard InChI is InChI=1S/C15H12N2O/c18-14(15-16-8-3-9-17-15)13-7-6-11-4-1-2-5-12(11)10-13/h1-10,14,18H. The molecule has 0 saturated carbocycles.